The molecule has 0 unspecified atom stereocenters. The van der Waals surface area contributed by atoms with E-state index >= 15 is 0 Å². The lowest BCUT2D eigenvalue weighted by Crippen LogP contribution is -2.30. The minimum absolute atomic E-state index is 0.134. The topological polar surface area (TPSA) is 94.2 Å². The van der Waals surface area contributed by atoms with E-state index in [1.807, 2.05) is 48.9 Å². The summed E-state index contributed by atoms with van der Waals surface area (Å²) in [6.07, 6.45) is 7.19. The molecule has 1 aromatic carbocycles. The first-order valence-electron chi connectivity index (χ1n) is 11.0. The van der Waals surface area contributed by atoms with Gasteiger partial charge in [0.1, 0.15) is 11.4 Å². The highest BCUT2D eigenvalue weighted by atomic mass is 32.1. The Morgan fingerprint density at radius 1 is 1.21 bits per heavy atom. The second-order valence-electron chi connectivity index (χ2n) is 8.19. The van der Waals surface area contributed by atoms with Crippen LogP contribution in [0, 0.1) is 13.8 Å². The summed E-state index contributed by atoms with van der Waals surface area (Å²) in [5.74, 6) is -0.385. The third kappa shape index (κ3) is 4.00. The Labute approximate surface area is 194 Å². The monoisotopic (exact) mass is 460 g/mol. The Morgan fingerprint density at radius 2 is 2.00 bits per heavy atom. The van der Waals surface area contributed by atoms with E-state index in [0.29, 0.717) is 5.39 Å². The van der Waals surface area contributed by atoms with E-state index < -0.39 is 0 Å². The number of para-hydroxylation sites is 1. The maximum absolute atomic E-state index is 13.0. The van der Waals surface area contributed by atoms with Gasteiger partial charge in [0, 0.05) is 10.4 Å². The third-order valence-electron chi connectivity index (χ3n) is 5.99. The van der Waals surface area contributed by atoms with Crippen molar-refractivity contribution in [3.05, 3.63) is 74.4 Å². The van der Waals surface area contributed by atoms with Gasteiger partial charge in [-0.2, -0.15) is 10.2 Å². The van der Waals surface area contributed by atoms with Crippen LogP contribution in [0.2, 0.25) is 0 Å². The SMILES string of the molecule is Cc1nn(-c2ccccc2)c(C)c1/C=N\NC(=O)Cn1cnc2sc3c(c2c1=O)CCCC3. The minimum atomic E-state index is -0.385. The molecule has 0 spiro atoms. The molecule has 168 valence electrons. The molecule has 33 heavy (non-hydrogen) atoms. The predicted molar refractivity (Wildman–Crippen MR) is 129 cm³/mol. The first-order valence-corrected chi connectivity index (χ1v) is 11.8. The maximum Gasteiger partial charge on any atom is 0.262 e. The van der Waals surface area contributed by atoms with Gasteiger partial charge in [-0.3, -0.25) is 14.2 Å². The largest absolute Gasteiger partial charge is 0.289 e. The van der Waals surface area contributed by atoms with Gasteiger partial charge in [-0.15, -0.1) is 11.3 Å². The van der Waals surface area contributed by atoms with Gasteiger partial charge in [-0.05, 0) is 57.2 Å². The van der Waals surface area contributed by atoms with Crippen molar-refractivity contribution in [2.24, 2.45) is 5.10 Å². The van der Waals surface area contributed by atoms with Crippen molar-refractivity contribution in [1.29, 1.82) is 0 Å². The summed E-state index contributed by atoms with van der Waals surface area (Å²) in [6.45, 7) is 3.72. The second kappa shape index (κ2) is 8.74. The Balaban J connectivity index is 1.32. The van der Waals surface area contributed by atoms with Crippen molar-refractivity contribution in [2.75, 3.05) is 0 Å². The lowest BCUT2D eigenvalue weighted by atomic mass is 9.97. The van der Waals surface area contributed by atoms with Gasteiger partial charge < -0.3 is 0 Å². The zero-order valence-electron chi connectivity index (χ0n) is 18.5. The summed E-state index contributed by atoms with van der Waals surface area (Å²) < 4.78 is 3.21. The molecule has 5 rings (SSSR count). The number of carbonyl (C=O) groups is 1. The van der Waals surface area contributed by atoms with Crippen LogP contribution in [0.1, 0.15) is 40.2 Å². The Kier molecular flexibility index (Phi) is 5.63. The van der Waals surface area contributed by atoms with E-state index in [1.165, 1.54) is 15.8 Å². The van der Waals surface area contributed by atoms with E-state index in [0.717, 1.165) is 58.7 Å². The molecule has 0 bridgehead atoms. The number of benzene rings is 1. The van der Waals surface area contributed by atoms with Gasteiger partial charge in [-0.25, -0.2) is 15.1 Å². The molecule has 1 aliphatic carbocycles. The number of hydrazone groups is 1. The lowest BCUT2D eigenvalue weighted by molar-refractivity contribution is -0.121. The molecule has 1 aliphatic rings. The molecule has 9 heteroatoms. The van der Waals surface area contributed by atoms with Crippen LogP contribution in [0.5, 0.6) is 0 Å². The molecule has 0 saturated carbocycles. The summed E-state index contributed by atoms with van der Waals surface area (Å²) in [5, 5.41) is 9.36. The first kappa shape index (κ1) is 21.3. The molecule has 8 nitrogen and oxygen atoms in total. The van der Waals surface area contributed by atoms with Gasteiger partial charge in [0.15, 0.2) is 0 Å². The van der Waals surface area contributed by atoms with Crippen LogP contribution in [0.25, 0.3) is 15.9 Å². The fourth-order valence-corrected chi connectivity index (χ4v) is 5.53. The summed E-state index contributed by atoms with van der Waals surface area (Å²) >= 11 is 1.60. The number of amides is 1. The van der Waals surface area contributed by atoms with E-state index in [2.05, 4.69) is 20.6 Å². The van der Waals surface area contributed by atoms with Gasteiger partial charge in [0.05, 0.1) is 35.0 Å². The molecule has 1 N–H and O–H groups in total. The number of thiophene rings is 1. The average Bonchev–Trinajstić information content (AvgIpc) is 3.34. The van der Waals surface area contributed by atoms with Crippen molar-refractivity contribution < 1.29 is 4.79 Å². The van der Waals surface area contributed by atoms with Crippen LogP contribution in [-0.2, 0) is 24.2 Å². The summed E-state index contributed by atoms with van der Waals surface area (Å²) in [7, 11) is 0. The first-order chi connectivity index (χ1) is 16.0. The average molecular weight is 461 g/mol. The second-order valence-corrected chi connectivity index (χ2v) is 9.28. The number of aromatic nitrogens is 4. The van der Waals surface area contributed by atoms with Gasteiger partial charge in [0.2, 0.25) is 0 Å². The Morgan fingerprint density at radius 3 is 2.82 bits per heavy atom. The molecule has 0 fully saturated rings. The van der Waals surface area contributed by atoms with Crippen molar-refractivity contribution in [3.8, 4) is 5.69 Å². The number of nitrogens with one attached hydrogen (secondary N) is 1. The molecule has 3 aromatic heterocycles. The fraction of sp³-hybridized carbons (Fsp3) is 0.292. The number of aryl methyl sites for hydroxylation is 3. The predicted octanol–water partition coefficient (Wildman–Crippen LogP) is 3.29. The van der Waals surface area contributed by atoms with Crippen molar-refractivity contribution in [1.82, 2.24) is 24.8 Å². The maximum atomic E-state index is 13.0. The number of carbonyl (C=O) groups excluding carboxylic acids is 1. The normalized spacial score (nSPS) is 13.5. The Hall–Kier alpha value is -3.59. The van der Waals surface area contributed by atoms with Crippen LogP contribution in [0.3, 0.4) is 0 Å². The zero-order chi connectivity index (χ0) is 22.9. The molecule has 3 heterocycles. The van der Waals surface area contributed by atoms with Crippen molar-refractivity contribution in [2.45, 2.75) is 46.1 Å². The van der Waals surface area contributed by atoms with Gasteiger partial charge in [0.25, 0.3) is 11.5 Å². The van der Waals surface area contributed by atoms with Crippen LogP contribution < -0.4 is 11.0 Å². The standard InChI is InChI=1S/C24H24N6O2S/c1-15-19(16(2)30(28-15)17-8-4-3-5-9-17)12-26-27-21(31)13-29-14-25-23-22(24(29)32)18-10-6-7-11-20(18)33-23/h3-5,8-9,12,14H,6-7,10-11,13H2,1-2H3,(H,27,31)/b26-12-. The molecule has 1 amide bonds. The molecular formula is C24H24N6O2S. The molecule has 4 aromatic rings. The molecule has 0 atom stereocenters. The smallest absolute Gasteiger partial charge is 0.262 e. The van der Waals surface area contributed by atoms with E-state index in [9.17, 15) is 9.59 Å². The van der Waals surface area contributed by atoms with Crippen molar-refractivity contribution >= 4 is 33.7 Å². The number of nitrogens with zero attached hydrogens (tertiary/aromatic N) is 5. The van der Waals surface area contributed by atoms with E-state index in [1.54, 1.807) is 17.6 Å². The zero-order valence-corrected chi connectivity index (χ0v) is 19.4. The van der Waals surface area contributed by atoms with Gasteiger partial charge in [-0.1, -0.05) is 18.2 Å². The van der Waals surface area contributed by atoms with Gasteiger partial charge >= 0.3 is 0 Å². The van der Waals surface area contributed by atoms with Crippen molar-refractivity contribution in [3.63, 3.8) is 0 Å². The molecular weight excluding hydrogens is 436 g/mol. The quantitative estimate of drug-likeness (QED) is 0.365. The third-order valence-corrected chi connectivity index (χ3v) is 7.19. The summed E-state index contributed by atoms with van der Waals surface area (Å²) in [6, 6.07) is 9.84. The molecule has 0 radical (unpaired) electrons. The number of fused-ring (bicyclic) bond motifs is 3. The Bertz CT molecular complexity index is 1430. The van der Waals surface area contributed by atoms with Crippen LogP contribution >= 0.6 is 11.3 Å². The number of rotatable bonds is 5. The number of hydrogen-bond donors (Lipinski definition) is 1. The van der Waals surface area contributed by atoms with Crippen LogP contribution in [0.15, 0.2) is 46.6 Å². The van der Waals surface area contributed by atoms with E-state index in [4.69, 9.17) is 0 Å². The summed E-state index contributed by atoms with van der Waals surface area (Å²) in [5.41, 5.74) is 7.01. The molecule has 0 saturated heterocycles. The van der Waals surface area contributed by atoms with Crippen LogP contribution in [0.4, 0.5) is 0 Å². The molecule has 0 aliphatic heterocycles. The highest BCUT2D eigenvalue weighted by molar-refractivity contribution is 7.18. The fourth-order valence-electron chi connectivity index (χ4n) is 4.31. The lowest BCUT2D eigenvalue weighted by Gasteiger charge is -2.10. The minimum Gasteiger partial charge on any atom is -0.289 e. The number of hydrogen-bond acceptors (Lipinski definition) is 6. The van der Waals surface area contributed by atoms with Crippen LogP contribution in [-0.4, -0.2) is 31.5 Å². The van der Waals surface area contributed by atoms with E-state index in [-0.39, 0.29) is 18.0 Å². The highest BCUT2D eigenvalue weighted by Crippen LogP contribution is 2.33. The highest BCUT2D eigenvalue weighted by Gasteiger charge is 2.20. The summed E-state index contributed by atoms with van der Waals surface area (Å²) in [4.78, 5) is 32.0.